The molecule has 1 aliphatic rings. The van der Waals surface area contributed by atoms with Crippen molar-refractivity contribution in [3.8, 4) is 52.1 Å². The molecule has 0 saturated heterocycles. The summed E-state index contributed by atoms with van der Waals surface area (Å²) in [5.41, 5.74) is 5.04. The molecule has 6 aromatic carbocycles. The molecular formula is C52H56N2O7. The van der Waals surface area contributed by atoms with Crippen molar-refractivity contribution in [2.45, 2.75) is 43.9 Å². The van der Waals surface area contributed by atoms with Crippen LogP contribution in [-0.4, -0.2) is 63.7 Å². The molecular weight excluding hydrogens is 765 g/mol. The number of likely N-dealkylation sites (N-methyl/N-ethyl adjacent to an activating group) is 1. The average Bonchev–Trinajstić information content (AvgIpc) is 3.29. The predicted octanol–water partition coefficient (Wildman–Crippen LogP) is 10.7. The molecule has 9 nitrogen and oxygen atoms in total. The number of phenolic OH excluding ortho intramolecular Hbond substituents is 2. The third-order valence-corrected chi connectivity index (χ3v) is 11.8. The second kappa shape index (κ2) is 19.6. The van der Waals surface area contributed by atoms with Crippen molar-refractivity contribution < 1.29 is 33.9 Å². The van der Waals surface area contributed by atoms with E-state index in [0.29, 0.717) is 11.5 Å². The maximum Gasteiger partial charge on any atom is 0.161 e. The quantitative estimate of drug-likeness (QED) is 0.104. The number of hydrogen-bond donors (Lipinski definition) is 2. The molecule has 1 atom stereocenters. The van der Waals surface area contributed by atoms with Crippen LogP contribution in [0.1, 0.15) is 60.1 Å². The molecule has 2 N–H and O–H groups in total. The number of ether oxygens (including phenoxy) is 5. The number of benzene rings is 6. The summed E-state index contributed by atoms with van der Waals surface area (Å²) in [5.74, 6) is 5.02. The van der Waals surface area contributed by atoms with Crippen LogP contribution in [0.2, 0.25) is 0 Å². The van der Waals surface area contributed by atoms with Crippen LogP contribution in [0.5, 0.6) is 46.0 Å². The zero-order chi connectivity index (χ0) is 43.6. The molecule has 0 amide bonds. The Kier molecular flexibility index (Phi) is 14.1. The third-order valence-electron chi connectivity index (χ3n) is 11.8. The van der Waals surface area contributed by atoms with Crippen molar-refractivity contribution >= 4 is 0 Å². The van der Waals surface area contributed by atoms with E-state index in [2.05, 4.69) is 50.1 Å². The Bertz CT molecular complexity index is 2330. The molecule has 316 valence electrons. The lowest BCUT2D eigenvalue weighted by atomic mass is 9.63. The maximum absolute atomic E-state index is 10.2. The number of para-hydroxylation sites is 2. The second-order valence-corrected chi connectivity index (χ2v) is 15.6. The lowest BCUT2D eigenvalue weighted by Gasteiger charge is -2.41. The number of phenols is 2. The summed E-state index contributed by atoms with van der Waals surface area (Å²) in [4.78, 5) is 2.31. The number of rotatable bonds is 15. The minimum absolute atomic E-state index is 0.165. The highest BCUT2D eigenvalue weighted by atomic mass is 16.5. The molecule has 0 aliphatic carbocycles. The smallest absolute Gasteiger partial charge is 0.161 e. The normalized spacial score (nSPS) is 13.3. The van der Waals surface area contributed by atoms with Crippen molar-refractivity contribution in [1.29, 1.82) is 5.26 Å². The predicted molar refractivity (Wildman–Crippen MR) is 240 cm³/mol. The van der Waals surface area contributed by atoms with Gasteiger partial charge in [-0.2, -0.15) is 5.26 Å². The molecule has 61 heavy (non-hydrogen) atoms. The SMILES string of the molecule is COc1ccc(CCN(C)CCCC(C#N)(c2ccc(OC)c(OC)c2)C(C)C)cc1OC.Oc1ccc(C2(c3ccc(O)cc3)c3ccccc3Oc3ccccc32)cc1. The molecule has 0 aromatic heterocycles. The zero-order valence-electron chi connectivity index (χ0n) is 36.1. The molecule has 0 fully saturated rings. The van der Waals surface area contributed by atoms with Crippen LogP contribution in [0.3, 0.4) is 0 Å². The number of nitriles is 1. The average molecular weight is 821 g/mol. The summed E-state index contributed by atoms with van der Waals surface area (Å²) in [6.07, 6.45) is 2.61. The standard InChI is InChI=1S/C27H38N2O4.C25H18O3/c1-20(2)27(19-28,22-10-12-24(31-5)26(18-22)33-7)14-8-15-29(3)16-13-21-9-11-23(30-4)25(17-21)32-6;26-19-13-9-17(10-14-19)25(18-11-15-20(27)16-12-18)21-5-1-3-7-23(21)28-24-8-4-2-6-22(24)25/h9-12,17-18,20H,8,13-16H2,1-7H3;1-16,26-27H. The fourth-order valence-electron chi connectivity index (χ4n) is 8.43. The maximum atomic E-state index is 10.2. The van der Waals surface area contributed by atoms with Crippen molar-refractivity contribution in [3.05, 3.63) is 167 Å². The van der Waals surface area contributed by atoms with Crippen LogP contribution in [0.4, 0.5) is 0 Å². The van der Waals surface area contributed by atoms with E-state index in [1.165, 1.54) is 5.56 Å². The highest BCUT2D eigenvalue weighted by Gasteiger charge is 2.45. The van der Waals surface area contributed by atoms with E-state index in [-0.39, 0.29) is 17.4 Å². The monoisotopic (exact) mass is 820 g/mol. The molecule has 0 radical (unpaired) electrons. The van der Waals surface area contributed by atoms with Gasteiger partial charge >= 0.3 is 0 Å². The number of aromatic hydroxyl groups is 2. The molecule has 1 unspecified atom stereocenters. The first-order valence-corrected chi connectivity index (χ1v) is 20.5. The van der Waals surface area contributed by atoms with Gasteiger partial charge in [0.2, 0.25) is 0 Å². The van der Waals surface area contributed by atoms with E-state index < -0.39 is 10.8 Å². The Morgan fingerprint density at radius 1 is 0.639 bits per heavy atom. The first-order valence-electron chi connectivity index (χ1n) is 20.5. The Balaban J connectivity index is 0.000000206. The van der Waals surface area contributed by atoms with Crippen molar-refractivity contribution in [3.63, 3.8) is 0 Å². The molecule has 9 heteroatoms. The van der Waals surface area contributed by atoms with Crippen LogP contribution >= 0.6 is 0 Å². The zero-order valence-corrected chi connectivity index (χ0v) is 36.1. The van der Waals surface area contributed by atoms with Crippen LogP contribution in [0.15, 0.2) is 133 Å². The van der Waals surface area contributed by atoms with Crippen LogP contribution in [-0.2, 0) is 17.3 Å². The van der Waals surface area contributed by atoms with Gasteiger partial charge in [0.15, 0.2) is 23.0 Å². The summed E-state index contributed by atoms with van der Waals surface area (Å²) in [7, 11) is 8.67. The van der Waals surface area contributed by atoms with Crippen molar-refractivity contribution in [2.75, 3.05) is 48.6 Å². The van der Waals surface area contributed by atoms with Gasteiger partial charge in [-0.15, -0.1) is 0 Å². The van der Waals surface area contributed by atoms with Crippen LogP contribution in [0, 0.1) is 17.2 Å². The number of nitrogens with zero attached hydrogens (tertiary/aromatic N) is 2. The van der Waals surface area contributed by atoms with E-state index in [0.717, 1.165) is 83.2 Å². The summed E-state index contributed by atoms with van der Waals surface area (Å²) >= 11 is 0. The van der Waals surface area contributed by atoms with E-state index in [4.69, 9.17) is 23.7 Å². The largest absolute Gasteiger partial charge is 0.508 e. The summed E-state index contributed by atoms with van der Waals surface area (Å²) in [6.45, 7) is 6.06. The first-order chi connectivity index (χ1) is 29.5. The van der Waals surface area contributed by atoms with E-state index in [9.17, 15) is 15.5 Å². The van der Waals surface area contributed by atoms with E-state index >= 15 is 0 Å². The van der Waals surface area contributed by atoms with Crippen LogP contribution < -0.4 is 23.7 Å². The van der Waals surface area contributed by atoms with Gasteiger partial charge in [-0.1, -0.05) is 86.6 Å². The number of fused-ring (bicyclic) bond motifs is 2. The number of methoxy groups -OCH3 is 4. The molecule has 0 spiro atoms. The van der Waals surface area contributed by atoms with Crippen LogP contribution in [0.25, 0.3) is 0 Å². The summed E-state index contributed by atoms with van der Waals surface area (Å²) < 4.78 is 27.8. The highest BCUT2D eigenvalue weighted by molar-refractivity contribution is 5.69. The lowest BCUT2D eigenvalue weighted by molar-refractivity contribution is 0.292. The molecule has 0 bridgehead atoms. The Hall–Kier alpha value is -6.63. The van der Waals surface area contributed by atoms with Gasteiger partial charge in [-0.3, -0.25) is 0 Å². The minimum Gasteiger partial charge on any atom is -0.508 e. The van der Waals surface area contributed by atoms with E-state index in [1.807, 2.05) is 91.0 Å². The molecule has 6 aromatic rings. The lowest BCUT2D eigenvalue weighted by Crippen LogP contribution is -2.34. The molecule has 0 saturated carbocycles. The van der Waals surface area contributed by atoms with Gasteiger partial charge in [0.05, 0.1) is 45.3 Å². The van der Waals surface area contributed by atoms with Gasteiger partial charge in [0.1, 0.15) is 23.0 Å². The van der Waals surface area contributed by atoms with Gasteiger partial charge in [0, 0.05) is 17.7 Å². The third kappa shape index (κ3) is 9.11. The van der Waals surface area contributed by atoms with E-state index in [1.54, 1.807) is 52.7 Å². The highest BCUT2D eigenvalue weighted by Crippen LogP contribution is 2.55. The fraction of sp³-hybridized carbons (Fsp3) is 0.288. The van der Waals surface area contributed by atoms with Gasteiger partial charge in [0.25, 0.3) is 0 Å². The minimum atomic E-state index is -0.632. The Labute approximate surface area is 360 Å². The van der Waals surface area contributed by atoms with Crippen molar-refractivity contribution in [1.82, 2.24) is 4.90 Å². The summed E-state index contributed by atoms with van der Waals surface area (Å²) in [6, 6.07) is 45.2. The van der Waals surface area contributed by atoms with Gasteiger partial charge in [-0.05, 0) is 122 Å². The molecule has 1 aliphatic heterocycles. The Morgan fingerprint density at radius 3 is 1.62 bits per heavy atom. The van der Waals surface area contributed by atoms with Crippen molar-refractivity contribution in [2.24, 2.45) is 5.92 Å². The Morgan fingerprint density at radius 2 is 1.13 bits per heavy atom. The molecule has 1 heterocycles. The summed E-state index contributed by atoms with van der Waals surface area (Å²) in [5, 5.41) is 30.0. The second-order valence-electron chi connectivity index (χ2n) is 15.6. The molecule has 7 rings (SSSR count). The fourth-order valence-corrected chi connectivity index (χ4v) is 8.43. The first kappa shape index (κ1) is 43.9. The number of hydrogen-bond acceptors (Lipinski definition) is 9. The van der Waals surface area contributed by atoms with Gasteiger partial charge in [-0.25, -0.2) is 0 Å². The topological polar surface area (TPSA) is 114 Å². The van der Waals surface area contributed by atoms with Gasteiger partial charge < -0.3 is 38.8 Å².